The molecule has 6 nitrogen and oxygen atoms in total. The molecule has 0 amide bonds. The van der Waals surface area contributed by atoms with Gasteiger partial charge in [0.1, 0.15) is 33.3 Å². The van der Waals surface area contributed by atoms with Gasteiger partial charge in [0.05, 0.1) is 18.3 Å². The molecule has 0 aromatic heterocycles. The van der Waals surface area contributed by atoms with Crippen LogP contribution in [0.2, 0.25) is 0 Å². The van der Waals surface area contributed by atoms with Gasteiger partial charge in [0, 0.05) is 11.8 Å². The highest BCUT2D eigenvalue weighted by molar-refractivity contribution is 7.90. The Morgan fingerprint density at radius 1 is 1.05 bits per heavy atom. The van der Waals surface area contributed by atoms with Crippen molar-refractivity contribution in [2.75, 3.05) is 18.6 Å². The third kappa shape index (κ3) is 5.96. The number of carbonyl (C=O) groups is 1. The van der Waals surface area contributed by atoms with Crippen molar-refractivity contribution in [1.29, 1.82) is 0 Å². The maximum atomic E-state index is 15.2. The van der Waals surface area contributed by atoms with Gasteiger partial charge in [-0.05, 0) is 109 Å². The van der Waals surface area contributed by atoms with Gasteiger partial charge in [-0.3, -0.25) is 4.79 Å². The van der Waals surface area contributed by atoms with Crippen LogP contribution in [0.25, 0.3) is 11.1 Å². The molecule has 0 bridgehead atoms. The first-order valence-corrected chi connectivity index (χ1v) is 15.3. The Morgan fingerprint density at radius 3 is 2.36 bits per heavy atom. The summed E-state index contributed by atoms with van der Waals surface area (Å²) in [5.41, 5.74) is 6.56. The van der Waals surface area contributed by atoms with Crippen LogP contribution in [0.4, 0.5) is 4.39 Å². The number of sulfone groups is 1. The maximum absolute atomic E-state index is 15.2. The van der Waals surface area contributed by atoms with Gasteiger partial charge in [0.15, 0.2) is 0 Å². The zero-order valence-corrected chi connectivity index (χ0v) is 23.2. The van der Waals surface area contributed by atoms with Crippen LogP contribution >= 0.6 is 0 Å². The summed E-state index contributed by atoms with van der Waals surface area (Å²) in [7, 11) is -3.02. The zero-order chi connectivity index (χ0) is 27.9. The van der Waals surface area contributed by atoms with E-state index in [1.165, 1.54) is 12.3 Å². The zero-order valence-electron chi connectivity index (χ0n) is 22.4. The molecular weight excluding hydrogens is 519 g/mol. The molecule has 39 heavy (non-hydrogen) atoms. The Bertz CT molecular complexity index is 1490. The number of benzene rings is 3. The second-order valence-corrected chi connectivity index (χ2v) is 13.0. The molecule has 2 aliphatic rings. The van der Waals surface area contributed by atoms with E-state index in [1.807, 2.05) is 56.3 Å². The minimum atomic E-state index is -3.02. The number of halogens is 1. The smallest absolute Gasteiger partial charge is 0.307 e. The van der Waals surface area contributed by atoms with Crippen LogP contribution in [-0.4, -0.2) is 38.1 Å². The van der Waals surface area contributed by atoms with Crippen molar-refractivity contribution in [3.63, 3.8) is 0 Å². The van der Waals surface area contributed by atoms with Crippen LogP contribution in [-0.2, 0) is 21.1 Å². The fraction of sp³-hybridized carbons (Fsp3) is 0.387. The van der Waals surface area contributed by atoms with Crippen molar-refractivity contribution < 1.29 is 32.2 Å². The Kier molecular flexibility index (Phi) is 7.42. The summed E-state index contributed by atoms with van der Waals surface area (Å²) in [5, 5.41) is 9.18. The molecule has 3 aromatic rings. The highest BCUT2D eigenvalue weighted by atomic mass is 32.2. The number of carboxylic acid groups (broad SMARTS) is 1. The normalized spacial score (nSPS) is 19.9. The lowest BCUT2D eigenvalue weighted by Gasteiger charge is -2.19. The molecule has 5 rings (SSSR count). The van der Waals surface area contributed by atoms with E-state index in [2.05, 4.69) is 0 Å². The first-order valence-electron chi connectivity index (χ1n) is 13.2. The summed E-state index contributed by atoms with van der Waals surface area (Å²) in [4.78, 5) is 11.2. The molecule has 206 valence electrons. The summed E-state index contributed by atoms with van der Waals surface area (Å²) >= 11 is 0. The molecule has 1 N–H and O–H groups in total. The third-order valence-corrected chi connectivity index (χ3v) is 8.71. The van der Waals surface area contributed by atoms with Crippen molar-refractivity contribution in [2.45, 2.75) is 51.6 Å². The molecule has 3 aromatic carbocycles. The van der Waals surface area contributed by atoms with Crippen LogP contribution in [0.15, 0.2) is 48.5 Å². The highest BCUT2D eigenvalue weighted by Gasteiger charge is 2.44. The average molecular weight is 553 g/mol. The summed E-state index contributed by atoms with van der Waals surface area (Å²) in [6.07, 6.45) is 3.25. The lowest BCUT2D eigenvalue weighted by atomic mass is 9.90. The van der Waals surface area contributed by atoms with Crippen molar-refractivity contribution in [3.8, 4) is 22.6 Å². The summed E-state index contributed by atoms with van der Waals surface area (Å²) in [5.74, 6) is 0.120. The summed E-state index contributed by atoms with van der Waals surface area (Å²) < 4.78 is 49.9. The standard InChI is InChI=1S/C31H33FO6S/c1-18-15-22(37-13-4-14-39(3,35)36)16-19(2)29(18)23-9-11-27(32)30-24(23)10-12-28(30)38-21-7-5-20(6-8-21)25-17-26(25)31(33)34/h5-9,11,15-16,25-26,28H,4,10,12-14,17H2,1-3H3,(H,33,34)/t25?,26?,28-/m1/s1. The second kappa shape index (κ2) is 10.6. The van der Waals surface area contributed by atoms with Crippen molar-refractivity contribution >= 4 is 15.8 Å². The van der Waals surface area contributed by atoms with Crippen molar-refractivity contribution in [3.05, 3.63) is 82.2 Å². The third-order valence-electron chi connectivity index (χ3n) is 7.68. The number of ether oxygens (including phenoxy) is 2. The van der Waals surface area contributed by atoms with Gasteiger partial charge in [-0.2, -0.15) is 0 Å². The molecule has 0 radical (unpaired) electrons. The monoisotopic (exact) mass is 552 g/mol. The Balaban J connectivity index is 1.33. The van der Waals surface area contributed by atoms with Gasteiger partial charge in [-0.15, -0.1) is 0 Å². The molecule has 0 spiro atoms. The van der Waals surface area contributed by atoms with E-state index in [0.717, 1.165) is 33.4 Å². The van der Waals surface area contributed by atoms with Crippen LogP contribution in [0, 0.1) is 25.6 Å². The predicted molar refractivity (Wildman–Crippen MR) is 148 cm³/mol. The lowest BCUT2D eigenvalue weighted by molar-refractivity contribution is -0.138. The molecule has 1 saturated carbocycles. The minimum Gasteiger partial charge on any atom is -0.494 e. The van der Waals surface area contributed by atoms with E-state index >= 15 is 4.39 Å². The fourth-order valence-electron chi connectivity index (χ4n) is 5.76. The van der Waals surface area contributed by atoms with E-state index in [4.69, 9.17) is 9.47 Å². The van der Waals surface area contributed by atoms with Gasteiger partial charge in [0.25, 0.3) is 0 Å². The van der Waals surface area contributed by atoms with E-state index in [1.54, 1.807) is 0 Å². The largest absolute Gasteiger partial charge is 0.494 e. The number of aliphatic carboxylic acids is 1. The average Bonchev–Trinajstić information content (AvgIpc) is 3.57. The van der Waals surface area contributed by atoms with Gasteiger partial charge in [0.2, 0.25) is 0 Å². The Labute approximate surface area is 228 Å². The number of hydrogen-bond acceptors (Lipinski definition) is 5. The number of rotatable bonds is 10. The van der Waals surface area contributed by atoms with Crippen molar-refractivity contribution in [2.24, 2.45) is 5.92 Å². The van der Waals surface area contributed by atoms with E-state index in [-0.39, 0.29) is 23.4 Å². The number of fused-ring (bicyclic) bond motifs is 1. The molecule has 0 saturated heterocycles. The van der Waals surface area contributed by atoms with Crippen LogP contribution in [0.5, 0.6) is 11.5 Å². The molecule has 8 heteroatoms. The first-order chi connectivity index (χ1) is 18.5. The Hall–Kier alpha value is -3.39. The van der Waals surface area contributed by atoms with Crippen molar-refractivity contribution in [1.82, 2.24) is 0 Å². The van der Waals surface area contributed by atoms with E-state index < -0.39 is 21.9 Å². The Morgan fingerprint density at radius 2 is 1.74 bits per heavy atom. The number of hydrogen-bond donors (Lipinski definition) is 1. The van der Waals surface area contributed by atoms with Gasteiger partial charge < -0.3 is 14.6 Å². The summed E-state index contributed by atoms with van der Waals surface area (Å²) in [6.45, 7) is 4.32. The number of aryl methyl sites for hydroxylation is 2. The van der Waals surface area contributed by atoms with Gasteiger partial charge in [-0.25, -0.2) is 12.8 Å². The molecule has 1 fully saturated rings. The number of carboxylic acids is 1. The molecule has 2 aliphatic carbocycles. The maximum Gasteiger partial charge on any atom is 0.307 e. The molecule has 0 heterocycles. The molecule has 0 aliphatic heterocycles. The van der Waals surface area contributed by atoms with Gasteiger partial charge in [-0.1, -0.05) is 18.2 Å². The van der Waals surface area contributed by atoms with E-state index in [0.29, 0.717) is 49.4 Å². The SMILES string of the molecule is Cc1cc(OCCCS(C)(=O)=O)cc(C)c1-c1ccc(F)c2c1CC[C@H]2Oc1ccc(C2CC2C(=O)O)cc1. The highest BCUT2D eigenvalue weighted by Crippen LogP contribution is 2.48. The second-order valence-electron chi connectivity index (χ2n) is 10.8. The lowest BCUT2D eigenvalue weighted by Crippen LogP contribution is -2.08. The quantitative estimate of drug-likeness (QED) is 0.302. The van der Waals surface area contributed by atoms with Gasteiger partial charge >= 0.3 is 5.97 Å². The predicted octanol–water partition coefficient (Wildman–Crippen LogP) is 6.18. The minimum absolute atomic E-state index is 0.0551. The fourth-order valence-corrected chi connectivity index (χ4v) is 6.40. The molecular formula is C31H33FO6S. The molecule has 3 atom stereocenters. The van der Waals surface area contributed by atoms with Crippen LogP contribution < -0.4 is 9.47 Å². The van der Waals surface area contributed by atoms with Crippen LogP contribution in [0.1, 0.15) is 59.1 Å². The molecule has 2 unspecified atom stereocenters. The van der Waals surface area contributed by atoms with Crippen LogP contribution in [0.3, 0.4) is 0 Å². The summed E-state index contributed by atoms with van der Waals surface area (Å²) in [6, 6.07) is 14.7. The van der Waals surface area contributed by atoms with E-state index in [9.17, 15) is 18.3 Å². The first kappa shape index (κ1) is 27.2. The topological polar surface area (TPSA) is 89.9 Å².